The van der Waals surface area contributed by atoms with Crippen LogP contribution in [-0.2, 0) is 0 Å². The second-order valence-corrected chi connectivity index (χ2v) is 3.51. The molecule has 13 heavy (non-hydrogen) atoms. The molecular weight excluding hydrogens is 162 g/mol. The lowest BCUT2D eigenvalue weighted by molar-refractivity contribution is 0.316. The van der Waals surface area contributed by atoms with Crippen LogP contribution in [0.4, 0.5) is 0 Å². The zero-order valence-corrected chi connectivity index (χ0v) is 8.28. The molecule has 0 aliphatic carbocycles. The Hall–Kier alpha value is -1.31. The summed E-state index contributed by atoms with van der Waals surface area (Å²) >= 11 is 0. The van der Waals surface area contributed by atoms with Gasteiger partial charge in [-0.2, -0.15) is 0 Å². The highest BCUT2D eigenvalue weighted by Crippen LogP contribution is 2.10. The quantitative estimate of drug-likeness (QED) is 0.420. The first-order chi connectivity index (χ1) is 6.15. The maximum atomic E-state index is 8.81. The Morgan fingerprint density at radius 2 is 1.77 bits per heavy atom. The SMILES string of the molecule is Cc1ccc(C(=NO)C(C)C)cc1. The Balaban J connectivity index is 3.00. The van der Waals surface area contributed by atoms with Crippen LogP contribution >= 0.6 is 0 Å². The van der Waals surface area contributed by atoms with Crippen molar-refractivity contribution in [2.75, 3.05) is 0 Å². The van der Waals surface area contributed by atoms with Gasteiger partial charge in [-0.05, 0) is 18.4 Å². The first kappa shape index (κ1) is 9.78. The summed E-state index contributed by atoms with van der Waals surface area (Å²) in [7, 11) is 0. The fourth-order valence-electron chi connectivity index (χ4n) is 1.23. The highest BCUT2D eigenvalue weighted by atomic mass is 16.4. The molecule has 0 saturated carbocycles. The lowest BCUT2D eigenvalue weighted by Gasteiger charge is -2.07. The van der Waals surface area contributed by atoms with Gasteiger partial charge in [0.1, 0.15) is 0 Å². The second kappa shape index (κ2) is 4.08. The Bertz CT molecular complexity index is 298. The van der Waals surface area contributed by atoms with Gasteiger partial charge >= 0.3 is 0 Å². The van der Waals surface area contributed by atoms with Gasteiger partial charge in [0.05, 0.1) is 5.71 Å². The summed E-state index contributed by atoms with van der Waals surface area (Å²) in [4.78, 5) is 0. The summed E-state index contributed by atoms with van der Waals surface area (Å²) in [5, 5.41) is 12.1. The number of hydrogen-bond donors (Lipinski definition) is 1. The maximum Gasteiger partial charge on any atom is 0.0893 e. The van der Waals surface area contributed by atoms with Crippen LogP contribution in [0.2, 0.25) is 0 Å². The van der Waals surface area contributed by atoms with Crippen LogP contribution in [0.1, 0.15) is 25.0 Å². The molecule has 0 spiro atoms. The minimum Gasteiger partial charge on any atom is -0.411 e. The van der Waals surface area contributed by atoms with E-state index in [0.29, 0.717) is 0 Å². The minimum absolute atomic E-state index is 0.243. The fourth-order valence-corrected chi connectivity index (χ4v) is 1.23. The predicted octanol–water partition coefficient (Wildman–Crippen LogP) is 2.83. The zero-order chi connectivity index (χ0) is 9.84. The van der Waals surface area contributed by atoms with Crippen LogP contribution in [-0.4, -0.2) is 10.9 Å². The van der Waals surface area contributed by atoms with Gasteiger partial charge in [-0.3, -0.25) is 0 Å². The molecule has 0 fully saturated rings. The average molecular weight is 177 g/mol. The van der Waals surface area contributed by atoms with Gasteiger partial charge in [0, 0.05) is 0 Å². The Kier molecular flexibility index (Phi) is 3.07. The molecule has 2 heteroatoms. The molecule has 0 radical (unpaired) electrons. The van der Waals surface area contributed by atoms with E-state index in [0.717, 1.165) is 11.3 Å². The third-order valence-electron chi connectivity index (χ3n) is 2.00. The maximum absolute atomic E-state index is 8.81. The molecule has 1 N–H and O–H groups in total. The molecule has 1 rings (SSSR count). The highest BCUT2D eigenvalue weighted by molar-refractivity contribution is 6.01. The van der Waals surface area contributed by atoms with Crippen LogP contribution in [0, 0.1) is 12.8 Å². The van der Waals surface area contributed by atoms with Gasteiger partial charge in [0.25, 0.3) is 0 Å². The van der Waals surface area contributed by atoms with Crippen molar-refractivity contribution in [2.24, 2.45) is 11.1 Å². The number of rotatable bonds is 2. The van der Waals surface area contributed by atoms with E-state index >= 15 is 0 Å². The molecule has 0 aromatic heterocycles. The first-order valence-corrected chi connectivity index (χ1v) is 4.44. The van der Waals surface area contributed by atoms with E-state index in [1.54, 1.807) is 0 Å². The second-order valence-electron chi connectivity index (χ2n) is 3.51. The van der Waals surface area contributed by atoms with Crippen molar-refractivity contribution in [3.05, 3.63) is 35.4 Å². The summed E-state index contributed by atoms with van der Waals surface area (Å²) < 4.78 is 0. The van der Waals surface area contributed by atoms with Crippen LogP contribution in [0.5, 0.6) is 0 Å². The number of hydrogen-bond acceptors (Lipinski definition) is 2. The topological polar surface area (TPSA) is 32.6 Å². The van der Waals surface area contributed by atoms with Gasteiger partial charge in [0.15, 0.2) is 0 Å². The number of nitrogens with zero attached hydrogens (tertiary/aromatic N) is 1. The molecule has 0 saturated heterocycles. The van der Waals surface area contributed by atoms with Crippen molar-refractivity contribution in [3.63, 3.8) is 0 Å². The smallest absolute Gasteiger partial charge is 0.0893 e. The van der Waals surface area contributed by atoms with Crippen molar-refractivity contribution in [3.8, 4) is 0 Å². The van der Waals surface area contributed by atoms with Crippen molar-refractivity contribution >= 4 is 5.71 Å². The lowest BCUT2D eigenvalue weighted by Crippen LogP contribution is -2.09. The number of oxime groups is 1. The largest absolute Gasteiger partial charge is 0.411 e. The number of benzene rings is 1. The van der Waals surface area contributed by atoms with Crippen LogP contribution in [0.3, 0.4) is 0 Å². The molecule has 0 bridgehead atoms. The number of aryl methyl sites for hydroxylation is 1. The van der Waals surface area contributed by atoms with Gasteiger partial charge in [-0.1, -0.05) is 48.8 Å². The summed E-state index contributed by atoms with van der Waals surface area (Å²) in [5.74, 6) is 0.243. The molecule has 0 unspecified atom stereocenters. The molecule has 2 nitrogen and oxygen atoms in total. The Morgan fingerprint density at radius 3 is 2.15 bits per heavy atom. The molecular formula is C11H15NO. The molecule has 0 atom stereocenters. The normalized spacial score (nSPS) is 12.2. The van der Waals surface area contributed by atoms with E-state index in [4.69, 9.17) is 5.21 Å². The third kappa shape index (κ3) is 2.31. The van der Waals surface area contributed by atoms with Crippen molar-refractivity contribution in [1.29, 1.82) is 0 Å². The van der Waals surface area contributed by atoms with E-state index < -0.39 is 0 Å². The molecule has 0 heterocycles. The van der Waals surface area contributed by atoms with Crippen LogP contribution < -0.4 is 0 Å². The average Bonchev–Trinajstić information content (AvgIpc) is 2.09. The van der Waals surface area contributed by atoms with Gasteiger partial charge < -0.3 is 5.21 Å². The van der Waals surface area contributed by atoms with E-state index in [1.807, 2.05) is 45.0 Å². The van der Waals surface area contributed by atoms with Gasteiger partial charge in [-0.15, -0.1) is 0 Å². The molecule has 0 aliphatic rings. The molecule has 0 aliphatic heterocycles. The van der Waals surface area contributed by atoms with Crippen molar-refractivity contribution in [2.45, 2.75) is 20.8 Å². The summed E-state index contributed by atoms with van der Waals surface area (Å²) in [6.45, 7) is 6.05. The lowest BCUT2D eigenvalue weighted by atomic mass is 9.99. The highest BCUT2D eigenvalue weighted by Gasteiger charge is 2.07. The van der Waals surface area contributed by atoms with Gasteiger partial charge in [0.2, 0.25) is 0 Å². The molecule has 1 aromatic carbocycles. The summed E-state index contributed by atoms with van der Waals surface area (Å²) in [5.41, 5.74) is 2.94. The predicted molar refractivity (Wildman–Crippen MR) is 54.3 cm³/mol. The van der Waals surface area contributed by atoms with Crippen LogP contribution in [0.25, 0.3) is 0 Å². The van der Waals surface area contributed by atoms with E-state index in [9.17, 15) is 0 Å². The minimum atomic E-state index is 0.243. The first-order valence-electron chi connectivity index (χ1n) is 4.44. The Labute approximate surface area is 78.9 Å². The molecule has 0 amide bonds. The Morgan fingerprint density at radius 1 is 1.23 bits per heavy atom. The van der Waals surface area contributed by atoms with Gasteiger partial charge in [-0.25, -0.2) is 0 Å². The zero-order valence-electron chi connectivity index (χ0n) is 8.28. The fraction of sp³-hybridized carbons (Fsp3) is 0.364. The van der Waals surface area contributed by atoms with Crippen molar-refractivity contribution in [1.82, 2.24) is 0 Å². The molecule has 70 valence electrons. The van der Waals surface area contributed by atoms with Crippen LogP contribution in [0.15, 0.2) is 29.4 Å². The summed E-state index contributed by atoms with van der Waals surface area (Å²) in [6, 6.07) is 7.99. The third-order valence-corrected chi connectivity index (χ3v) is 2.00. The standard InChI is InChI=1S/C11H15NO/c1-8(2)11(12-13)10-6-4-9(3)5-7-10/h4-8,13H,1-3H3. The van der Waals surface area contributed by atoms with E-state index in [1.165, 1.54) is 5.56 Å². The molecule has 1 aromatic rings. The van der Waals surface area contributed by atoms with Crippen molar-refractivity contribution < 1.29 is 5.21 Å². The monoisotopic (exact) mass is 177 g/mol. The van der Waals surface area contributed by atoms with E-state index in [-0.39, 0.29) is 5.92 Å². The summed E-state index contributed by atoms with van der Waals surface area (Å²) in [6.07, 6.45) is 0. The van der Waals surface area contributed by atoms with E-state index in [2.05, 4.69) is 5.16 Å².